The Kier molecular flexibility index (Phi) is 7.29. The van der Waals surface area contributed by atoms with Crippen LogP contribution in [-0.4, -0.2) is 43.5 Å². The van der Waals surface area contributed by atoms with E-state index in [-0.39, 0.29) is 19.1 Å². The fourth-order valence-electron chi connectivity index (χ4n) is 1.47. The third kappa shape index (κ3) is 5.28. The standard InChI is InChI=1S/C13H17BrClNO4/c1-8(13(18)16-10(6-17)7-19-2)20-12-4-3-9(15)5-11(12)14/h3-5,8,10,17H,6-7H2,1-2H3,(H,16,18). The SMILES string of the molecule is COCC(CO)NC(=O)C(C)Oc1ccc(Cl)cc1Br. The van der Waals surface area contributed by atoms with Gasteiger partial charge in [0.2, 0.25) is 0 Å². The lowest BCUT2D eigenvalue weighted by Crippen LogP contribution is -2.46. The van der Waals surface area contributed by atoms with Crippen LogP contribution in [0.4, 0.5) is 0 Å². The van der Waals surface area contributed by atoms with E-state index in [0.29, 0.717) is 15.2 Å². The summed E-state index contributed by atoms with van der Waals surface area (Å²) in [7, 11) is 1.50. The van der Waals surface area contributed by atoms with E-state index in [1.807, 2.05) is 0 Å². The van der Waals surface area contributed by atoms with Crippen molar-refractivity contribution in [1.29, 1.82) is 0 Å². The van der Waals surface area contributed by atoms with Crippen molar-refractivity contribution in [2.24, 2.45) is 0 Å². The molecule has 1 rings (SSSR count). The molecule has 1 aromatic rings. The lowest BCUT2D eigenvalue weighted by atomic mass is 10.3. The molecule has 7 heteroatoms. The molecule has 0 fully saturated rings. The Balaban J connectivity index is 2.61. The third-order valence-electron chi connectivity index (χ3n) is 2.50. The molecule has 0 radical (unpaired) electrons. The number of benzene rings is 1. The Labute approximate surface area is 131 Å². The Morgan fingerprint density at radius 1 is 1.55 bits per heavy atom. The smallest absolute Gasteiger partial charge is 0.261 e. The molecule has 0 aromatic heterocycles. The van der Waals surface area contributed by atoms with Gasteiger partial charge in [-0.3, -0.25) is 4.79 Å². The number of carbonyl (C=O) groups is 1. The second kappa shape index (κ2) is 8.46. The van der Waals surface area contributed by atoms with Gasteiger partial charge in [0.15, 0.2) is 6.10 Å². The van der Waals surface area contributed by atoms with Crippen molar-refractivity contribution in [3.63, 3.8) is 0 Å². The van der Waals surface area contributed by atoms with E-state index in [2.05, 4.69) is 21.2 Å². The Morgan fingerprint density at radius 3 is 2.80 bits per heavy atom. The first-order chi connectivity index (χ1) is 9.47. The minimum Gasteiger partial charge on any atom is -0.480 e. The van der Waals surface area contributed by atoms with Gasteiger partial charge in [0, 0.05) is 12.1 Å². The number of aliphatic hydroxyl groups excluding tert-OH is 1. The van der Waals surface area contributed by atoms with E-state index >= 15 is 0 Å². The monoisotopic (exact) mass is 365 g/mol. The number of rotatable bonds is 7. The van der Waals surface area contributed by atoms with Crippen LogP contribution in [0.15, 0.2) is 22.7 Å². The van der Waals surface area contributed by atoms with Gasteiger partial charge in [-0.15, -0.1) is 0 Å². The maximum Gasteiger partial charge on any atom is 0.261 e. The molecule has 0 spiro atoms. The van der Waals surface area contributed by atoms with Gasteiger partial charge < -0.3 is 19.9 Å². The highest BCUT2D eigenvalue weighted by atomic mass is 79.9. The number of ether oxygens (including phenoxy) is 2. The van der Waals surface area contributed by atoms with Crippen molar-refractivity contribution in [1.82, 2.24) is 5.32 Å². The average Bonchev–Trinajstić information content (AvgIpc) is 2.41. The maximum absolute atomic E-state index is 11.9. The Morgan fingerprint density at radius 2 is 2.25 bits per heavy atom. The summed E-state index contributed by atoms with van der Waals surface area (Å²) < 4.78 is 11.1. The van der Waals surface area contributed by atoms with Gasteiger partial charge in [0.05, 0.1) is 23.7 Å². The summed E-state index contributed by atoms with van der Waals surface area (Å²) in [5.41, 5.74) is 0. The van der Waals surface area contributed by atoms with E-state index in [0.717, 1.165) is 0 Å². The number of hydrogen-bond acceptors (Lipinski definition) is 4. The molecule has 2 N–H and O–H groups in total. The molecular weight excluding hydrogens is 350 g/mol. The van der Waals surface area contributed by atoms with Gasteiger partial charge in [-0.1, -0.05) is 11.6 Å². The van der Waals surface area contributed by atoms with E-state index in [4.69, 9.17) is 26.2 Å². The van der Waals surface area contributed by atoms with Crippen LogP contribution in [0.3, 0.4) is 0 Å². The highest BCUT2D eigenvalue weighted by Crippen LogP contribution is 2.28. The molecule has 5 nitrogen and oxygen atoms in total. The quantitative estimate of drug-likeness (QED) is 0.774. The number of carbonyl (C=O) groups excluding carboxylic acids is 1. The molecule has 112 valence electrons. The maximum atomic E-state index is 11.9. The summed E-state index contributed by atoms with van der Waals surface area (Å²) in [5.74, 6) is 0.187. The molecule has 2 atom stereocenters. The number of halogens is 2. The summed E-state index contributed by atoms with van der Waals surface area (Å²) in [6.45, 7) is 1.66. The normalized spacial score (nSPS) is 13.7. The lowest BCUT2D eigenvalue weighted by Gasteiger charge is -2.20. The van der Waals surface area contributed by atoms with Crippen LogP contribution in [0.25, 0.3) is 0 Å². The molecule has 1 aromatic carbocycles. The molecule has 0 aliphatic carbocycles. The van der Waals surface area contributed by atoms with Gasteiger partial charge in [0.1, 0.15) is 5.75 Å². The summed E-state index contributed by atoms with van der Waals surface area (Å²) >= 11 is 9.14. The second-order valence-corrected chi connectivity index (χ2v) is 5.47. The minimum atomic E-state index is -0.710. The lowest BCUT2D eigenvalue weighted by molar-refractivity contribution is -0.128. The van der Waals surface area contributed by atoms with Crippen molar-refractivity contribution >= 4 is 33.4 Å². The van der Waals surface area contributed by atoms with Crippen molar-refractivity contribution in [3.8, 4) is 5.75 Å². The summed E-state index contributed by atoms with van der Waals surface area (Å²) in [6.07, 6.45) is -0.710. The Bertz CT molecular complexity index is 458. The molecule has 0 saturated carbocycles. The fourth-order valence-corrected chi connectivity index (χ4v) is 2.25. The molecule has 1 amide bonds. The zero-order valence-corrected chi connectivity index (χ0v) is 13.6. The molecule has 0 heterocycles. The van der Waals surface area contributed by atoms with Crippen LogP contribution in [-0.2, 0) is 9.53 Å². The molecule has 2 unspecified atom stereocenters. The highest BCUT2D eigenvalue weighted by molar-refractivity contribution is 9.10. The number of nitrogens with one attached hydrogen (secondary N) is 1. The molecular formula is C13H17BrClNO4. The molecule has 0 saturated heterocycles. The highest BCUT2D eigenvalue weighted by Gasteiger charge is 2.19. The predicted octanol–water partition coefficient (Wildman–Crippen LogP) is 1.99. The van der Waals surface area contributed by atoms with Gasteiger partial charge in [-0.05, 0) is 41.1 Å². The predicted molar refractivity (Wildman–Crippen MR) is 80.1 cm³/mol. The van der Waals surface area contributed by atoms with Gasteiger partial charge in [0.25, 0.3) is 5.91 Å². The van der Waals surface area contributed by atoms with Crippen LogP contribution < -0.4 is 10.1 Å². The van der Waals surface area contributed by atoms with Gasteiger partial charge in [-0.2, -0.15) is 0 Å². The number of amides is 1. The molecule has 0 bridgehead atoms. The van der Waals surface area contributed by atoms with Crippen molar-refractivity contribution < 1.29 is 19.4 Å². The van der Waals surface area contributed by atoms with E-state index in [1.54, 1.807) is 25.1 Å². The molecule has 0 aliphatic rings. The van der Waals surface area contributed by atoms with Crippen LogP contribution in [0, 0.1) is 0 Å². The first kappa shape index (κ1) is 17.2. The van der Waals surface area contributed by atoms with Crippen LogP contribution in [0.2, 0.25) is 5.02 Å². The summed E-state index contributed by atoms with van der Waals surface area (Å²) in [5, 5.41) is 12.3. The van der Waals surface area contributed by atoms with Crippen LogP contribution in [0.1, 0.15) is 6.92 Å². The van der Waals surface area contributed by atoms with E-state index < -0.39 is 12.1 Å². The molecule has 0 aliphatic heterocycles. The minimum absolute atomic E-state index is 0.197. The fraction of sp³-hybridized carbons (Fsp3) is 0.462. The number of hydrogen-bond donors (Lipinski definition) is 2. The third-order valence-corrected chi connectivity index (χ3v) is 3.36. The van der Waals surface area contributed by atoms with Crippen molar-refractivity contribution in [2.75, 3.05) is 20.3 Å². The molecule has 20 heavy (non-hydrogen) atoms. The largest absolute Gasteiger partial charge is 0.480 e. The van der Waals surface area contributed by atoms with Gasteiger partial charge in [-0.25, -0.2) is 0 Å². The zero-order chi connectivity index (χ0) is 15.1. The number of methoxy groups -OCH3 is 1. The van der Waals surface area contributed by atoms with Gasteiger partial charge >= 0.3 is 0 Å². The first-order valence-electron chi connectivity index (χ1n) is 5.99. The number of aliphatic hydroxyl groups is 1. The van der Waals surface area contributed by atoms with E-state index in [1.165, 1.54) is 7.11 Å². The Hall–Kier alpha value is -0.820. The first-order valence-corrected chi connectivity index (χ1v) is 7.17. The van der Waals surface area contributed by atoms with Crippen molar-refractivity contribution in [3.05, 3.63) is 27.7 Å². The second-order valence-electron chi connectivity index (χ2n) is 4.18. The zero-order valence-electron chi connectivity index (χ0n) is 11.2. The summed E-state index contributed by atoms with van der Waals surface area (Å²) in [6, 6.07) is 4.58. The van der Waals surface area contributed by atoms with Crippen LogP contribution >= 0.6 is 27.5 Å². The van der Waals surface area contributed by atoms with Crippen LogP contribution in [0.5, 0.6) is 5.75 Å². The average molecular weight is 367 g/mol. The topological polar surface area (TPSA) is 67.8 Å². The summed E-state index contributed by atoms with van der Waals surface area (Å²) in [4.78, 5) is 11.9. The van der Waals surface area contributed by atoms with Crippen molar-refractivity contribution in [2.45, 2.75) is 19.1 Å². The van der Waals surface area contributed by atoms with E-state index in [9.17, 15) is 4.79 Å².